The fourth-order valence-electron chi connectivity index (χ4n) is 8.02. The van der Waals surface area contributed by atoms with Crippen molar-refractivity contribution in [2.24, 2.45) is 0 Å². The lowest BCUT2D eigenvalue weighted by Gasteiger charge is -2.29. The number of aromatic nitrogens is 2. The van der Waals surface area contributed by atoms with Crippen LogP contribution in [0.4, 0.5) is 26.3 Å². The molecule has 286 valence electrons. The second-order valence-electron chi connectivity index (χ2n) is 15.1. The number of alkyl halides is 6. The zero-order chi connectivity index (χ0) is 37.8. The van der Waals surface area contributed by atoms with Gasteiger partial charge in [-0.1, -0.05) is 93.8 Å². The van der Waals surface area contributed by atoms with Crippen LogP contribution in [0, 0.1) is 0 Å². The Morgan fingerprint density at radius 3 is 1.06 bits per heavy atom. The van der Waals surface area contributed by atoms with Crippen LogP contribution in [0.2, 0.25) is 0 Å². The average molecular weight is 737 g/mol. The first kappa shape index (κ1) is 40.5. The van der Waals surface area contributed by atoms with E-state index in [0.717, 1.165) is 87.5 Å². The van der Waals surface area contributed by atoms with Crippen LogP contribution in [0.15, 0.2) is 85.2 Å². The maximum atomic E-state index is 12.7. The van der Waals surface area contributed by atoms with E-state index in [1.54, 1.807) is 12.1 Å². The van der Waals surface area contributed by atoms with Crippen molar-refractivity contribution in [1.82, 2.24) is 9.97 Å². The largest absolute Gasteiger partial charge is 0.433 e. The summed E-state index contributed by atoms with van der Waals surface area (Å²) in [6.07, 6.45) is 11.0. The number of benzene rings is 2. The van der Waals surface area contributed by atoms with E-state index in [-0.39, 0.29) is 0 Å². The molecule has 0 amide bonds. The molecule has 4 aromatic rings. The molecule has 2 aliphatic rings. The summed E-state index contributed by atoms with van der Waals surface area (Å²) in [5.74, 6) is 1.77. The molecule has 2 fully saturated rings. The lowest BCUT2D eigenvalue weighted by atomic mass is 9.76. The van der Waals surface area contributed by atoms with Crippen molar-refractivity contribution in [1.29, 1.82) is 0 Å². The van der Waals surface area contributed by atoms with Crippen molar-refractivity contribution in [2.75, 3.05) is 0 Å². The van der Waals surface area contributed by atoms with Crippen LogP contribution >= 0.6 is 0 Å². The van der Waals surface area contributed by atoms with Crippen molar-refractivity contribution < 1.29 is 26.3 Å². The fourth-order valence-corrected chi connectivity index (χ4v) is 8.02. The molecule has 2 heterocycles. The number of hydrogen-bond donors (Lipinski definition) is 0. The summed E-state index contributed by atoms with van der Waals surface area (Å²) in [6, 6.07) is 23.5. The van der Waals surface area contributed by atoms with E-state index in [1.807, 2.05) is 0 Å². The number of halogens is 6. The Labute approximate surface area is 311 Å². The summed E-state index contributed by atoms with van der Waals surface area (Å²) < 4.78 is 75.9. The molecule has 0 saturated heterocycles. The second kappa shape index (κ2) is 19.1. The van der Waals surface area contributed by atoms with Gasteiger partial charge in [-0.3, -0.25) is 9.97 Å². The molecule has 0 spiro atoms. The Balaban J connectivity index is 0.000000204. The quantitative estimate of drug-likeness (QED) is 0.113. The number of nitrogens with zero attached hydrogens (tertiary/aromatic N) is 2. The van der Waals surface area contributed by atoms with E-state index in [1.165, 1.54) is 66.8 Å². The van der Waals surface area contributed by atoms with Gasteiger partial charge in [-0.2, -0.15) is 26.3 Å². The third-order valence-electron chi connectivity index (χ3n) is 11.3. The van der Waals surface area contributed by atoms with E-state index in [4.69, 9.17) is 0 Å². The standard InChI is InChI=1S/C23H28F3N.C22H26F3N/c1-2-3-4-5-17-6-8-18(9-7-17)19-10-12-20(13-11-19)21-14-15-22(27-16-21)23(24,25)26;1-2-3-4-16-5-7-17(8-6-16)18-9-11-19(12-10-18)20-13-14-21(26-15-20)22(23,24)25/h6-9,14-16,19-20H,2-5,10-13H2,1H3;5-8,13-15,18-19H,2-4,9-12H2,1H3/t19-,20-;18-,19-. The van der Waals surface area contributed by atoms with Gasteiger partial charge in [0.05, 0.1) is 0 Å². The molecular weight excluding hydrogens is 682 g/mol. The molecule has 2 aromatic heterocycles. The van der Waals surface area contributed by atoms with Crippen molar-refractivity contribution in [3.05, 3.63) is 130 Å². The molecule has 0 aliphatic heterocycles. The summed E-state index contributed by atoms with van der Waals surface area (Å²) in [6.45, 7) is 4.43. The van der Waals surface area contributed by atoms with Gasteiger partial charge in [-0.05, 0) is 146 Å². The van der Waals surface area contributed by atoms with Crippen LogP contribution < -0.4 is 0 Å². The summed E-state index contributed by atoms with van der Waals surface area (Å²) in [5, 5.41) is 0. The maximum absolute atomic E-state index is 12.7. The smallest absolute Gasteiger partial charge is 0.251 e. The topological polar surface area (TPSA) is 25.8 Å². The first-order valence-corrected chi connectivity index (χ1v) is 19.7. The molecule has 0 radical (unpaired) electrons. The van der Waals surface area contributed by atoms with Crippen molar-refractivity contribution in [3.63, 3.8) is 0 Å². The number of aryl methyl sites for hydroxylation is 2. The zero-order valence-electron chi connectivity index (χ0n) is 31.2. The lowest BCUT2D eigenvalue weighted by molar-refractivity contribution is -0.142. The Kier molecular flexibility index (Phi) is 14.6. The third-order valence-corrected chi connectivity index (χ3v) is 11.3. The first-order valence-electron chi connectivity index (χ1n) is 19.7. The molecule has 0 bridgehead atoms. The van der Waals surface area contributed by atoms with E-state index >= 15 is 0 Å². The minimum absolute atomic E-state index is 0.323. The highest BCUT2D eigenvalue weighted by atomic mass is 19.4. The Bertz CT molecular complexity index is 1630. The molecule has 2 aliphatic carbocycles. The molecular formula is C45H54F6N2. The number of rotatable bonds is 11. The normalized spacial score (nSPS) is 20.8. The highest BCUT2D eigenvalue weighted by Gasteiger charge is 2.34. The zero-order valence-corrected chi connectivity index (χ0v) is 31.2. The summed E-state index contributed by atoms with van der Waals surface area (Å²) in [5.41, 5.74) is 5.88. The Morgan fingerprint density at radius 1 is 0.434 bits per heavy atom. The Hall–Kier alpha value is -3.68. The highest BCUT2D eigenvalue weighted by molar-refractivity contribution is 5.29. The van der Waals surface area contributed by atoms with E-state index in [0.29, 0.717) is 23.7 Å². The maximum Gasteiger partial charge on any atom is 0.433 e. The van der Waals surface area contributed by atoms with Gasteiger partial charge < -0.3 is 0 Å². The van der Waals surface area contributed by atoms with Crippen LogP contribution in [-0.4, -0.2) is 9.97 Å². The lowest BCUT2D eigenvalue weighted by Crippen LogP contribution is -2.13. The van der Waals surface area contributed by atoms with Gasteiger partial charge in [0.15, 0.2) is 0 Å². The summed E-state index contributed by atoms with van der Waals surface area (Å²) in [4.78, 5) is 7.23. The third kappa shape index (κ3) is 11.9. The molecule has 2 saturated carbocycles. The first-order chi connectivity index (χ1) is 25.4. The number of pyridine rings is 2. The van der Waals surface area contributed by atoms with Gasteiger partial charge in [0.2, 0.25) is 0 Å². The van der Waals surface area contributed by atoms with Gasteiger partial charge in [0, 0.05) is 12.4 Å². The van der Waals surface area contributed by atoms with Gasteiger partial charge in [-0.15, -0.1) is 0 Å². The summed E-state index contributed by atoms with van der Waals surface area (Å²) in [7, 11) is 0. The van der Waals surface area contributed by atoms with Crippen LogP contribution in [0.1, 0.15) is 166 Å². The molecule has 8 heteroatoms. The SMILES string of the molecule is CCCCCc1ccc([C@H]2CC[C@H](c3ccc(C(F)(F)F)nc3)CC2)cc1.CCCCc1ccc([C@H]2CC[C@H](c3ccc(C(F)(F)F)nc3)CC2)cc1. The fraction of sp³-hybridized carbons (Fsp3) is 0.511. The summed E-state index contributed by atoms with van der Waals surface area (Å²) >= 11 is 0. The molecule has 0 atom stereocenters. The van der Waals surface area contributed by atoms with Gasteiger partial charge >= 0.3 is 12.4 Å². The van der Waals surface area contributed by atoms with Gasteiger partial charge in [0.1, 0.15) is 11.4 Å². The molecule has 6 rings (SSSR count). The predicted octanol–water partition coefficient (Wildman–Crippen LogP) is 14.2. The number of unbranched alkanes of at least 4 members (excludes halogenated alkanes) is 3. The average Bonchev–Trinajstić information content (AvgIpc) is 3.17. The van der Waals surface area contributed by atoms with E-state index < -0.39 is 23.7 Å². The predicted molar refractivity (Wildman–Crippen MR) is 201 cm³/mol. The van der Waals surface area contributed by atoms with Gasteiger partial charge in [-0.25, -0.2) is 0 Å². The van der Waals surface area contributed by atoms with Gasteiger partial charge in [0.25, 0.3) is 0 Å². The van der Waals surface area contributed by atoms with Crippen LogP contribution in [0.3, 0.4) is 0 Å². The monoisotopic (exact) mass is 736 g/mol. The number of hydrogen-bond acceptors (Lipinski definition) is 2. The minimum Gasteiger partial charge on any atom is -0.251 e. The van der Waals surface area contributed by atoms with Crippen LogP contribution in [0.5, 0.6) is 0 Å². The van der Waals surface area contributed by atoms with Crippen molar-refractivity contribution in [2.45, 2.75) is 146 Å². The molecule has 53 heavy (non-hydrogen) atoms. The molecule has 2 aromatic carbocycles. The van der Waals surface area contributed by atoms with Crippen molar-refractivity contribution >= 4 is 0 Å². The van der Waals surface area contributed by atoms with Crippen molar-refractivity contribution in [3.8, 4) is 0 Å². The van der Waals surface area contributed by atoms with Crippen LogP contribution in [0.25, 0.3) is 0 Å². The Morgan fingerprint density at radius 2 is 0.755 bits per heavy atom. The van der Waals surface area contributed by atoms with Crippen LogP contribution in [-0.2, 0) is 25.2 Å². The molecule has 0 unspecified atom stereocenters. The van der Waals surface area contributed by atoms with E-state index in [9.17, 15) is 26.3 Å². The molecule has 2 nitrogen and oxygen atoms in total. The second-order valence-corrected chi connectivity index (χ2v) is 15.1. The van der Waals surface area contributed by atoms with E-state index in [2.05, 4.69) is 72.3 Å². The molecule has 0 N–H and O–H groups in total. The minimum atomic E-state index is -4.36. The highest BCUT2D eigenvalue weighted by Crippen LogP contribution is 2.42.